The normalized spacial score (nSPS) is 26.7. The summed E-state index contributed by atoms with van der Waals surface area (Å²) < 4.78 is 0. The van der Waals surface area contributed by atoms with E-state index in [1.165, 1.54) is 26.1 Å². The predicted octanol–water partition coefficient (Wildman–Crippen LogP) is 0.147. The van der Waals surface area contributed by atoms with Crippen LogP contribution < -0.4 is 5.43 Å². The maximum atomic E-state index is 3.40. The average Bonchev–Trinajstić information content (AvgIpc) is 2.34. The van der Waals surface area contributed by atoms with Crippen molar-refractivity contribution in [3.8, 4) is 0 Å². The standard InChI is InChI=1S/C8H19N3/c1-4-11-6-5-8(7-11)9-10(2)3/h8-9H,4-7H2,1-3H3. The molecule has 1 aliphatic heterocycles. The maximum absolute atomic E-state index is 3.40. The number of hydrogen-bond acceptors (Lipinski definition) is 3. The molecule has 11 heavy (non-hydrogen) atoms. The van der Waals surface area contributed by atoms with Gasteiger partial charge in [-0.05, 0) is 19.5 Å². The Morgan fingerprint density at radius 1 is 1.55 bits per heavy atom. The number of rotatable bonds is 3. The van der Waals surface area contributed by atoms with Gasteiger partial charge in [0.1, 0.15) is 0 Å². The summed E-state index contributed by atoms with van der Waals surface area (Å²) >= 11 is 0. The Kier molecular flexibility index (Phi) is 3.30. The Bertz CT molecular complexity index is 114. The van der Waals surface area contributed by atoms with Crippen LogP contribution in [0, 0.1) is 0 Å². The molecule has 0 aromatic carbocycles. The molecule has 3 heteroatoms. The predicted molar refractivity (Wildman–Crippen MR) is 47.3 cm³/mol. The molecule has 1 heterocycles. The number of nitrogens with zero attached hydrogens (tertiary/aromatic N) is 2. The molecule has 3 nitrogen and oxygen atoms in total. The Morgan fingerprint density at radius 2 is 2.27 bits per heavy atom. The zero-order valence-corrected chi connectivity index (χ0v) is 7.80. The minimum Gasteiger partial charge on any atom is -0.302 e. The molecule has 1 fully saturated rings. The van der Waals surface area contributed by atoms with Crippen LogP contribution >= 0.6 is 0 Å². The zero-order chi connectivity index (χ0) is 8.27. The number of nitrogens with one attached hydrogen (secondary N) is 1. The first-order valence-electron chi connectivity index (χ1n) is 4.38. The highest BCUT2D eigenvalue weighted by atomic mass is 15.5. The molecule has 1 saturated heterocycles. The Morgan fingerprint density at radius 3 is 2.73 bits per heavy atom. The van der Waals surface area contributed by atoms with Crippen LogP contribution in [0.25, 0.3) is 0 Å². The number of likely N-dealkylation sites (N-methyl/N-ethyl adjacent to an activating group) is 1. The van der Waals surface area contributed by atoms with Crippen LogP contribution in [-0.2, 0) is 0 Å². The number of likely N-dealkylation sites (tertiary alicyclic amines) is 1. The van der Waals surface area contributed by atoms with Gasteiger partial charge >= 0.3 is 0 Å². The van der Waals surface area contributed by atoms with Crippen molar-refractivity contribution in [2.75, 3.05) is 33.7 Å². The van der Waals surface area contributed by atoms with Gasteiger partial charge in [-0.3, -0.25) is 10.4 Å². The largest absolute Gasteiger partial charge is 0.302 e. The molecule has 0 aromatic rings. The molecule has 1 atom stereocenters. The van der Waals surface area contributed by atoms with Crippen molar-refractivity contribution in [1.82, 2.24) is 15.3 Å². The summed E-state index contributed by atoms with van der Waals surface area (Å²) in [5.41, 5.74) is 3.40. The lowest BCUT2D eigenvalue weighted by atomic mass is 10.3. The molecule has 0 aromatic heterocycles. The van der Waals surface area contributed by atoms with Gasteiger partial charge in [0.25, 0.3) is 0 Å². The van der Waals surface area contributed by atoms with Gasteiger partial charge in [0.05, 0.1) is 0 Å². The van der Waals surface area contributed by atoms with Crippen LogP contribution in [0.1, 0.15) is 13.3 Å². The highest BCUT2D eigenvalue weighted by Crippen LogP contribution is 2.07. The lowest BCUT2D eigenvalue weighted by molar-refractivity contribution is 0.236. The summed E-state index contributed by atoms with van der Waals surface area (Å²) in [6, 6.07) is 0.671. The maximum Gasteiger partial charge on any atom is 0.0354 e. The van der Waals surface area contributed by atoms with E-state index in [0.29, 0.717) is 6.04 Å². The second kappa shape index (κ2) is 4.04. The van der Waals surface area contributed by atoms with Crippen molar-refractivity contribution in [3.63, 3.8) is 0 Å². The third-order valence-electron chi connectivity index (χ3n) is 2.16. The summed E-state index contributed by atoms with van der Waals surface area (Å²) in [5, 5.41) is 2.05. The fourth-order valence-corrected chi connectivity index (χ4v) is 1.59. The molecule has 1 N–H and O–H groups in total. The number of hydrogen-bond donors (Lipinski definition) is 1. The molecule has 1 unspecified atom stereocenters. The minimum absolute atomic E-state index is 0.671. The molecule has 1 aliphatic rings. The molecular formula is C8H19N3. The highest BCUT2D eigenvalue weighted by Gasteiger charge is 2.20. The van der Waals surface area contributed by atoms with Crippen LogP contribution in [0.5, 0.6) is 0 Å². The molecule has 0 bridgehead atoms. The fraction of sp³-hybridized carbons (Fsp3) is 1.00. The van der Waals surface area contributed by atoms with E-state index in [0.717, 1.165) is 0 Å². The SMILES string of the molecule is CCN1CCC(NN(C)C)C1. The van der Waals surface area contributed by atoms with Crippen molar-refractivity contribution in [2.45, 2.75) is 19.4 Å². The molecule has 0 radical (unpaired) electrons. The zero-order valence-electron chi connectivity index (χ0n) is 7.80. The summed E-state index contributed by atoms with van der Waals surface area (Å²) in [5.74, 6) is 0. The van der Waals surface area contributed by atoms with Crippen LogP contribution in [-0.4, -0.2) is 49.7 Å². The van der Waals surface area contributed by atoms with Gasteiger partial charge < -0.3 is 4.90 Å². The van der Waals surface area contributed by atoms with E-state index in [1.807, 2.05) is 5.01 Å². The second-order valence-corrected chi connectivity index (χ2v) is 3.40. The Hall–Kier alpha value is -0.120. The van der Waals surface area contributed by atoms with Gasteiger partial charge in [0.2, 0.25) is 0 Å². The molecule has 0 aliphatic carbocycles. The van der Waals surface area contributed by atoms with E-state index in [4.69, 9.17) is 0 Å². The van der Waals surface area contributed by atoms with E-state index >= 15 is 0 Å². The molecular weight excluding hydrogens is 138 g/mol. The quantitative estimate of drug-likeness (QED) is 0.588. The van der Waals surface area contributed by atoms with Crippen molar-refractivity contribution in [2.24, 2.45) is 0 Å². The molecule has 66 valence electrons. The van der Waals surface area contributed by atoms with E-state index in [2.05, 4.69) is 31.3 Å². The summed E-state index contributed by atoms with van der Waals surface area (Å²) in [6.45, 7) is 5.86. The van der Waals surface area contributed by atoms with Gasteiger partial charge in [-0.25, -0.2) is 0 Å². The first-order chi connectivity index (χ1) is 5.22. The van der Waals surface area contributed by atoms with Crippen LogP contribution in [0.15, 0.2) is 0 Å². The third kappa shape index (κ3) is 2.77. The van der Waals surface area contributed by atoms with Gasteiger partial charge in [0.15, 0.2) is 0 Å². The van der Waals surface area contributed by atoms with Crippen molar-refractivity contribution < 1.29 is 0 Å². The summed E-state index contributed by atoms with van der Waals surface area (Å²) in [7, 11) is 4.10. The van der Waals surface area contributed by atoms with E-state index in [9.17, 15) is 0 Å². The second-order valence-electron chi connectivity index (χ2n) is 3.40. The smallest absolute Gasteiger partial charge is 0.0354 e. The molecule has 0 spiro atoms. The molecule has 0 amide bonds. The first-order valence-corrected chi connectivity index (χ1v) is 4.38. The van der Waals surface area contributed by atoms with Crippen molar-refractivity contribution in [1.29, 1.82) is 0 Å². The minimum atomic E-state index is 0.671. The van der Waals surface area contributed by atoms with Crippen LogP contribution in [0.3, 0.4) is 0 Å². The van der Waals surface area contributed by atoms with E-state index in [-0.39, 0.29) is 0 Å². The summed E-state index contributed by atoms with van der Waals surface area (Å²) in [4.78, 5) is 2.47. The third-order valence-corrected chi connectivity index (χ3v) is 2.16. The Labute approximate surface area is 69.3 Å². The monoisotopic (exact) mass is 157 g/mol. The van der Waals surface area contributed by atoms with Crippen molar-refractivity contribution >= 4 is 0 Å². The van der Waals surface area contributed by atoms with Crippen molar-refractivity contribution in [3.05, 3.63) is 0 Å². The van der Waals surface area contributed by atoms with Gasteiger partial charge in [-0.15, -0.1) is 0 Å². The van der Waals surface area contributed by atoms with Gasteiger partial charge in [0, 0.05) is 26.7 Å². The fourth-order valence-electron chi connectivity index (χ4n) is 1.59. The lowest BCUT2D eigenvalue weighted by Gasteiger charge is -2.18. The van der Waals surface area contributed by atoms with Gasteiger partial charge in [-0.1, -0.05) is 6.92 Å². The Balaban J connectivity index is 2.19. The number of hydrazine groups is 1. The molecule has 1 rings (SSSR count). The molecule has 0 saturated carbocycles. The lowest BCUT2D eigenvalue weighted by Crippen LogP contribution is -2.41. The topological polar surface area (TPSA) is 18.5 Å². The van der Waals surface area contributed by atoms with Gasteiger partial charge in [-0.2, -0.15) is 0 Å². The van der Waals surface area contributed by atoms with E-state index < -0.39 is 0 Å². The van der Waals surface area contributed by atoms with E-state index in [1.54, 1.807) is 0 Å². The van der Waals surface area contributed by atoms with Crippen LogP contribution in [0.4, 0.5) is 0 Å². The first kappa shape index (κ1) is 8.97. The average molecular weight is 157 g/mol. The summed E-state index contributed by atoms with van der Waals surface area (Å²) in [6.07, 6.45) is 1.28. The highest BCUT2D eigenvalue weighted by molar-refractivity contribution is 4.78. The van der Waals surface area contributed by atoms with Crippen LogP contribution in [0.2, 0.25) is 0 Å².